The molecular formula is C11H14N4S. The average molecular weight is 234 g/mol. The topological polar surface area (TPSA) is 50.7 Å². The van der Waals surface area contributed by atoms with Gasteiger partial charge in [0, 0.05) is 37.5 Å². The monoisotopic (exact) mass is 234 g/mol. The molecular weight excluding hydrogens is 220 g/mol. The Morgan fingerprint density at radius 1 is 1.38 bits per heavy atom. The molecule has 0 unspecified atom stereocenters. The maximum absolute atomic E-state index is 4.49. The number of hydrogen-bond acceptors (Lipinski definition) is 5. The molecule has 16 heavy (non-hydrogen) atoms. The van der Waals surface area contributed by atoms with Crippen LogP contribution in [0.2, 0.25) is 0 Å². The van der Waals surface area contributed by atoms with E-state index in [0.29, 0.717) is 0 Å². The molecule has 0 aliphatic rings. The lowest BCUT2D eigenvalue weighted by Crippen LogP contribution is -2.03. The number of nitrogens with one attached hydrogen (secondary N) is 1. The van der Waals surface area contributed by atoms with E-state index in [-0.39, 0.29) is 0 Å². The minimum atomic E-state index is 0.780. The second-order valence-electron chi connectivity index (χ2n) is 3.37. The molecule has 2 aromatic rings. The van der Waals surface area contributed by atoms with Gasteiger partial charge < -0.3 is 5.32 Å². The molecule has 0 saturated heterocycles. The van der Waals surface area contributed by atoms with Gasteiger partial charge in [-0.05, 0) is 0 Å². The summed E-state index contributed by atoms with van der Waals surface area (Å²) in [6, 6.07) is 1.97. The highest BCUT2D eigenvalue weighted by Crippen LogP contribution is 2.13. The SMILES string of the molecule is CCc1nc(Cc2nccs2)cc(NC)n1. The van der Waals surface area contributed by atoms with Crippen LogP contribution in [-0.4, -0.2) is 22.0 Å². The maximum atomic E-state index is 4.49. The van der Waals surface area contributed by atoms with Gasteiger partial charge in [-0.2, -0.15) is 0 Å². The third-order valence-corrected chi connectivity index (χ3v) is 2.99. The first-order valence-electron chi connectivity index (χ1n) is 5.24. The van der Waals surface area contributed by atoms with E-state index in [9.17, 15) is 0 Å². The highest BCUT2D eigenvalue weighted by molar-refractivity contribution is 7.09. The maximum Gasteiger partial charge on any atom is 0.130 e. The third kappa shape index (κ3) is 2.55. The van der Waals surface area contributed by atoms with Gasteiger partial charge in [0.25, 0.3) is 0 Å². The number of thiazole rings is 1. The van der Waals surface area contributed by atoms with Gasteiger partial charge in [-0.1, -0.05) is 6.92 Å². The number of rotatable bonds is 4. The van der Waals surface area contributed by atoms with Crippen molar-refractivity contribution in [1.82, 2.24) is 15.0 Å². The molecule has 2 aromatic heterocycles. The molecule has 0 aliphatic heterocycles. The fraction of sp³-hybridized carbons (Fsp3) is 0.364. The minimum absolute atomic E-state index is 0.780. The Bertz CT molecular complexity index is 431. The van der Waals surface area contributed by atoms with Crippen molar-refractivity contribution < 1.29 is 0 Å². The Morgan fingerprint density at radius 2 is 2.25 bits per heavy atom. The van der Waals surface area contributed by atoms with Crippen molar-refractivity contribution >= 4 is 17.2 Å². The molecule has 0 atom stereocenters. The number of aromatic nitrogens is 3. The van der Waals surface area contributed by atoms with Crippen molar-refractivity contribution in [3.63, 3.8) is 0 Å². The van der Waals surface area contributed by atoms with Gasteiger partial charge in [0.2, 0.25) is 0 Å². The van der Waals surface area contributed by atoms with E-state index in [1.165, 1.54) is 0 Å². The lowest BCUT2D eigenvalue weighted by Gasteiger charge is -2.05. The molecule has 0 bridgehead atoms. The first-order valence-corrected chi connectivity index (χ1v) is 6.12. The van der Waals surface area contributed by atoms with Crippen molar-refractivity contribution in [1.29, 1.82) is 0 Å². The average Bonchev–Trinajstić information content (AvgIpc) is 2.81. The summed E-state index contributed by atoms with van der Waals surface area (Å²) in [5.74, 6) is 1.75. The Kier molecular flexibility index (Phi) is 3.46. The lowest BCUT2D eigenvalue weighted by molar-refractivity contribution is 0.897. The van der Waals surface area contributed by atoms with E-state index in [4.69, 9.17) is 0 Å². The Morgan fingerprint density at radius 3 is 2.88 bits per heavy atom. The number of hydrogen-bond donors (Lipinski definition) is 1. The molecule has 0 aromatic carbocycles. The molecule has 5 heteroatoms. The van der Waals surface area contributed by atoms with Crippen molar-refractivity contribution in [2.45, 2.75) is 19.8 Å². The summed E-state index contributed by atoms with van der Waals surface area (Å²) in [7, 11) is 1.87. The van der Waals surface area contributed by atoms with Crippen molar-refractivity contribution in [2.75, 3.05) is 12.4 Å². The van der Waals surface area contributed by atoms with Crippen LogP contribution in [-0.2, 0) is 12.8 Å². The standard InChI is InChI=1S/C11H14N4S/c1-3-9-14-8(6-10(12-2)15-9)7-11-13-4-5-16-11/h4-6H,3,7H2,1-2H3,(H,12,14,15). The Hall–Kier alpha value is -1.49. The van der Waals surface area contributed by atoms with Crippen LogP contribution in [0.1, 0.15) is 23.4 Å². The number of nitrogens with zero attached hydrogens (tertiary/aromatic N) is 3. The van der Waals surface area contributed by atoms with E-state index in [2.05, 4.69) is 27.2 Å². The summed E-state index contributed by atoms with van der Waals surface area (Å²) >= 11 is 1.65. The summed E-state index contributed by atoms with van der Waals surface area (Å²) in [6.07, 6.45) is 3.45. The molecule has 0 amide bonds. The second kappa shape index (κ2) is 5.03. The predicted molar refractivity (Wildman–Crippen MR) is 65.9 cm³/mol. The fourth-order valence-electron chi connectivity index (χ4n) is 1.42. The quantitative estimate of drug-likeness (QED) is 0.880. The Balaban J connectivity index is 2.26. The number of aryl methyl sites for hydroxylation is 1. The van der Waals surface area contributed by atoms with Crippen LogP contribution < -0.4 is 5.32 Å². The molecule has 4 nitrogen and oxygen atoms in total. The molecule has 2 heterocycles. The molecule has 0 aliphatic carbocycles. The zero-order valence-corrected chi connectivity index (χ0v) is 10.2. The molecule has 0 radical (unpaired) electrons. The molecule has 2 rings (SSSR count). The smallest absolute Gasteiger partial charge is 0.130 e. The highest BCUT2D eigenvalue weighted by atomic mass is 32.1. The van der Waals surface area contributed by atoms with Gasteiger partial charge >= 0.3 is 0 Å². The summed E-state index contributed by atoms with van der Waals surface area (Å²) < 4.78 is 0. The van der Waals surface area contributed by atoms with Gasteiger partial charge in [-0.3, -0.25) is 0 Å². The highest BCUT2D eigenvalue weighted by Gasteiger charge is 2.04. The van der Waals surface area contributed by atoms with Gasteiger partial charge in [0.05, 0.1) is 10.7 Å². The van der Waals surface area contributed by atoms with Crippen molar-refractivity contribution in [2.24, 2.45) is 0 Å². The van der Waals surface area contributed by atoms with E-state index in [0.717, 1.165) is 35.2 Å². The van der Waals surface area contributed by atoms with Crippen LogP contribution in [0.15, 0.2) is 17.6 Å². The van der Waals surface area contributed by atoms with Crippen LogP contribution in [0.25, 0.3) is 0 Å². The molecule has 0 saturated carbocycles. The molecule has 0 spiro atoms. The van der Waals surface area contributed by atoms with E-state index < -0.39 is 0 Å². The summed E-state index contributed by atoms with van der Waals surface area (Å²) in [6.45, 7) is 2.06. The fourth-order valence-corrected chi connectivity index (χ4v) is 2.06. The molecule has 1 N–H and O–H groups in total. The van der Waals surface area contributed by atoms with E-state index in [1.807, 2.05) is 24.7 Å². The van der Waals surface area contributed by atoms with Crippen LogP contribution in [0.5, 0.6) is 0 Å². The third-order valence-electron chi connectivity index (χ3n) is 2.21. The normalized spacial score (nSPS) is 10.4. The first kappa shape index (κ1) is 11.0. The van der Waals surface area contributed by atoms with E-state index in [1.54, 1.807) is 11.3 Å². The van der Waals surface area contributed by atoms with Crippen LogP contribution in [0.3, 0.4) is 0 Å². The summed E-state index contributed by atoms with van der Waals surface area (Å²) in [5, 5.41) is 6.12. The lowest BCUT2D eigenvalue weighted by atomic mass is 10.3. The van der Waals surface area contributed by atoms with Gasteiger partial charge in [-0.25, -0.2) is 15.0 Å². The zero-order chi connectivity index (χ0) is 11.4. The van der Waals surface area contributed by atoms with Crippen molar-refractivity contribution in [3.05, 3.63) is 34.2 Å². The summed E-state index contributed by atoms with van der Waals surface area (Å²) in [4.78, 5) is 13.1. The van der Waals surface area contributed by atoms with Crippen molar-refractivity contribution in [3.8, 4) is 0 Å². The number of anilines is 1. The van der Waals surface area contributed by atoms with Crippen LogP contribution in [0.4, 0.5) is 5.82 Å². The second-order valence-corrected chi connectivity index (χ2v) is 4.35. The van der Waals surface area contributed by atoms with Gasteiger partial charge in [-0.15, -0.1) is 11.3 Å². The minimum Gasteiger partial charge on any atom is -0.373 e. The molecule has 0 fully saturated rings. The van der Waals surface area contributed by atoms with Crippen LogP contribution in [0, 0.1) is 0 Å². The molecule has 84 valence electrons. The zero-order valence-electron chi connectivity index (χ0n) is 9.40. The largest absolute Gasteiger partial charge is 0.373 e. The summed E-state index contributed by atoms with van der Waals surface area (Å²) in [5.41, 5.74) is 1.02. The van der Waals surface area contributed by atoms with E-state index >= 15 is 0 Å². The Labute approximate surface area is 98.8 Å². The van der Waals surface area contributed by atoms with Crippen LogP contribution >= 0.6 is 11.3 Å². The predicted octanol–water partition coefficient (Wildman–Crippen LogP) is 2.13. The van der Waals surface area contributed by atoms with Gasteiger partial charge in [0.15, 0.2) is 0 Å². The first-order chi connectivity index (χ1) is 7.81. The van der Waals surface area contributed by atoms with Gasteiger partial charge in [0.1, 0.15) is 11.6 Å².